The number of piperidine rings is 1. The van der Waals surface area contributed by atoms with E-state index in [9.17, 15) is 24.3 Å². The molecule has 0 radical (unpaired) electrons. The Bertz CT molecular complexity index is 2280. The van der Waals surface area contributed by atoms with Crippen molar-refractivity contribution in [3.8, 4) is 16.9 Å². The van der Waals surface area contributed by atoms with Gasteiger partial charge in [-0.1, -0.05) is 36.7 Å². The molecule has 0 saturated carbocycles. The monoisotopic (exact) mass is 865 g/mol. The highest BCUT2D eigenvalue weighted by molar-refractivity contribution is 6.34. The minimum absolute atomic E-state index is 0.0213. The number of rotatable bonds is 18. The third-order valence-electron chi connectivity index (χ3n) is 10.7. The number of hydrogen-bond acceptors (Lipinski definition) is 13. The summed E-state index contributed by atoms with van der Waals surface area (Å²) < 4.78 is 54.4. The Kier molecular flexibility index (Phi) is 14.2. The van der Waals surface area contributed by atoms with E-state index in [-0.39, 0.29) is 78.2 Å². The normalized spacial score (nSPS) is 17.9. The standard InChI is InChI=1S/C42H46ClF2N7O9/c1-2-33(54)50-12-14-51(15-13-50)39-26-23-27(43)35(37(45)38(26)47-24-48-39)36-28(44)6-4-8-31(36)61-22-21-60-20-19-59-18-17-58-16-11-46-29-7-3-5-25-34(29)42(57)52(41(25)56)30-9-10-32(53)49-40(30)55/h3-8,23-24,30,41,46,56H,2,9-22H2,1H3,(H,49,53,55). The van der Waals surface area contributed by atoms with Gasteiger partial charge in [0.15, 0.2) is 12.0 Å². The van der Waals surface area contributed by atoms with E-state index in [1.807, 2.05) is 11.8 Å². The number of carbonyl (C=O) groups is 4. The number of nitrogens with one attached hydrogen (secondary N) is 2. The largest absolute Gasteiger partial charge is 0.490 e. The summed E-state index contributed by atoms with van der Waals surface area (Å²) in [5, 5.41) is 16.6. The summed E-state index contributed by atoms with van der Waals surface area (Å²) in [6.07, 6.45) is 0.577. The molecule has 2 atom stereocenters. The number of aliphatic hydroxyl groups excluding tert-OH is 1. The van der Waals surface area contributed by atoms with Crippen LogP contribution in [0.2, 0.25) is 5.02 Å². The SMILES string of the molecule is CCC(=O)N1CCN(c2ncnc3c(F)c(-c4c(F)cccc4OCCOCCOCCOCCNc4cccc5c4C(=O)N(C4CCC(=O)NC4=O)C5O)c(Cl)cc23)CC1. The van der Waals surface area contributed by atoms with Gasteiger partial charge in [-0.25, -0.2) is 18.7 Å². The average Bonchev–Trinajstić information content (AvgIpc) is 3.51. The number of aliphatic hydroxyl groups is 1. The molecule has 1 aromatic heterocycles. The highest BCUT2D eigenvalue weighted by Crippen LogP contribution is 2.43. The maximum absolute atomic E-state index is 16.3. The van der Waals surface area contributed by atoms with Crippen LogP contribution in [0.4, 0.5) is 20.3 Å². The molecule has 2 saturated heterocycles. The van der Waals surface area contributed by atoms with Crippen LogP contribution < -0.4 is 20.3 Å². The second-order valence-corrected chi connectivity index (χ2v) is 14.8. The van der Waals surface area contributed by atoms with Crippen LogP contribution in [0, 0.1) is 11.6 Å². The number of halogens is 3. The lowest BCUT2D eigenvalue weighted by Crippen LogP contribution is -2.53. The molecule has 16 nitrogen and oxygen atoms in total. The van der Waals surface area contributed by atoms with Crippen molar-refractivity contribution < 1.29 is 52.0 Å². The number of nitrogens with zero attached hydrogens (tertiary/aromatic N) is 5. The van der Waals surface area contributed by atoms with Crippen molar-refractivity contribution in [3.05, 3.63) is 76.6 Å². The van der Waals surface area contributed by atoms with Crippen molar-refractivity contribution in [2.45, 2.75) is 38.5 Å². The van der Waals surface area contributed by atoms with Gasteiger partial charge in [0, 0.05) is 67.8 Å². The predicted octanol–water partition coefficient (Wildman–Crippen LogP) is 4.08. The van der Waals surface area contributed by atoms with Crippen LogP contribution in [0.3, 0.4) is 0 Å². The van der Waals surface area contributed by atoms with Gasteiger partial charge in [0.2, 0.25) is 17.7 Å². The van der Waals surface area contributed by atoms with Gasteiger partial charge in [0.25, 0.3) is 5.91 Å². The maximum atomic E-state index is 16.3. The van der Waals surface area contributed by atoms with Gasteiger partial charge in [-0.05, 0) is 30.7 Å². The molecule has 19 heteroatoms. The van der Waals surface area contributed by atoms with E-state index >= 15 is 8.78 Å². The van der Waals surface area contributed by atoms with Crippen LogP contribution in [0.25, 0.3) is 22.0 Å². The summed E-state index contributed by atoms with van der Waals surface area (Å²) in [4.78, 5) is 62.9. The quantitative estimate of drug-likeness (QED) is 0.0962. The molecule has 0 spiro atoms. The summed E-state index contributed by atoms with van der Waals surface area (Å²) in [7, 11) is 0. The Balaban J connectivity index is 0.825. The van der Waals surface area contributed by atoms with E-state index in [2.05, 4.69) is 20.6 Å². The first kappa shape index (κ1) is 43.6. The zero-order valence-corrected chi connectivity index (χ0v) is 34.2. The van der Waals surface area contributed by atoms with Crippen LogP contribution in [0.5, 0.6) is 5.75 Å². The summed E-state index contributed by atoms with van der Waals surface area (Å²) in [5.41, 5.74) is 0.789. The molecule has 4 aromatic rings. The third-order valence-corrected chi connectivity index (χ3v) is 11.0. The number of fused-ring (bicyclic) bond motifs is 2. The minimum atomic E-state index is -1.31. The number of piperazine rings is 1. The molecule has 61 heavy (non-hydrogen) atoms. The summed E-state index contributed by atoms with van der Waals surface area (Å²) in [6, 6.07) is 9.79. The first-order valence-electron chi connectivity index (χ1n) is 20.1. The molecule has 7 rings (SSSR count). The molecule has 3 aliphatic rings. The molecule has 3 aromatic carbocycles. The lowest BCUT2D eigenvalue weighted by molar-refractivity contribution is -0.139. The second-order valence-electron chi connectivity index (χ2n) is 14.4. The van der Waals surface area contributed by atoms with Crippen LogP contribution in [-0.4, -0.2) is 134 Å². The lowest BCUT2D eigenvalue weighted by Gasteiger charge is -2.35. The third kappa shape index (κ3) is 9.53. The number of carbonyl (C=O) groups excluding carboxylic acids is 4. The molecular weight excluding hydrogens is 820 g/mol. The van der Waals surface area contributed by atoms with Gasteiger partial charge in [-0.3, -0.25) is 29.4 Å². The number of hydrogen-bond donors (Lipinski definition) is 3. The Labute approximate surface area is 355 Å². The molecule has 4 amide bonds. The van der Waals surface area contributed by atoms with E-state index in [1.54, 1.807) is 23.1 Å². The zero-order chi connectivity index (χ0) is 43.0. The number of anilines is 2. The fourth-order valence-electron chi connectivity index (χ4n) is 7.69. The summed E-state index contributed by atoms with van der Waals surface area (Å²) >= 11 is 6.67. The van der Waals surface area contributed by atoms with Gasteiger partial charge in [-0.15, -0.1) is 0 Å². The van der Waals surface area contributed by atoms with E-state index in [1.165, 1.54) is 30.6 Å². The van der Waals surface area contributed by atoms with Gasteiger partial charge in [-0.2, -0.15) is 0 Å². The first-order valence-corrected chi connectivity index (χ1v) is 20.5. The molecule has 0 bridgehead atoms. The molecule has 4 heterocycles. The van der Waals surface area contributed by atoms with E-state index in [0.717, 1.165) is 4.90 Å². The Morgan fingerprint density at radius 1 is 0.918 bits per heavy atom. The fraction of sp³-hybridized carbons (Fsp3) is 0.429. The van der Waals surface area contributed by atoms with Crippen LogP contribution >= 0.6 is 11.6 Å². The van der Waals surface area contributed by atoms with Crippen molar-refractivity contribution in [2.75, 3.05) is 89.2 Å². The van der Waals surface area contributed by atoms with Gasteiger partial charge < -0.3 is 39.2 Å². The predicted molar refractivity (Wildman–Crippen MR) is 219 cm³/mol. The van der Waals surface area contributed by atoms with E-state index in [4.69, 9.17) is 30.5 Å². The molecule has 2 unspecified atom stereocenters. The molecular formula is C42H46ClF2N7O9. The van der Waals surface area contributed by atoms with Crippen LogP contribution in [-0.2, 0) is 28.6 Å². The van der Waals surface area contributed by atoms with Gasteiger partial charge in [0.1, 0.15) is 41.9 Å². The molecule has 3 N–H and O–H groups in total. The highest BCUT2D eigenvalue weighted by atomic mass is 35.5. The molecule has 2 fully saturated rings. The fourth-order valence-corrected chi connectivity index (χ4v) is 7.97. The molecule has 3 aliphatic heterocycles. The van der Waals surface area contributed by atoms with Crippen molar-refractivity contribution in [2.24, 2.45) is 0 Å². The van der Waals surface area contributed by atoms with Crippen LogP contribution in [0.15, 0.2) is 48.8 Å². The Hall–Kier alpha value is -5.53. The number of imide groups is 1. The van der Waals surface area contributed by atoms with Crippen molar-refractivity contribution in [3.63, 3.8) is 0 Å². The van der Waals surface area contributed by atoms with Crippen molar-refractivity contribution in [1.82, 2.24) is 25.1 Å². The number of amides is 4. The van der Waals surface area contributed by atoms with Crippen molar-refractivity contribution >= 4 is 57.6 Å². The summed E-state index contributed by atoms with van der Waals surface area (Å²) in [5.74, 6) is -2.44. The topological polar surface area (TPSA) is 185 Å². The van der Waals surface area contributed by atoms with E-state index in [0.29, 0.717) is 81.4 Å². The second kappa shape index (κ2) is 19.9. The Morgan fingerprint density at radius 2 is 1.62 bits per heavy atom. The maximum Gasteiger partial charge on any atom is 0.259 e. The van der Waals surface area contributed by atoms with Crippen LogP contribution in [0.1, 0.15) is 48.3 Å². The number of aromatic nitrogens is 2. The zero-order valence-electron chi connectivity index (χ0n) is 33.5. The molecule has 0 aliphatic carbocycles. The lowest BCUT2D eigenvalue weighted by atomic mass is 10.0. The first-order chi connectivity index (χ1) is 29.6. The molecule has 324 valence electrons. The average molecular weight is 866 g/mol. The Morgan fingerprint density at radius 3 is 2.34 bits per heavy atom. The highest BCUT2D eigenvalue weighted by Gasteiger charge is 2.45. The van der Waals surface area contributed by atoms with Gasteiger partial charge >= 0.3 is 0 Å². The number of benzene rings is 3. The smallest absolute Gasteiger partial charge is 0.259 e. The summed E-state index contributed by atoms with van der Waals surface area (Å²) in [6.45, 7) is 5.73. The van der Waals surface area contributed by atoms with E-state index < -0.39 is 41.6 Å². The minimum Gasteiger partial charge on any atom is -0.490 e. The number of ether oxygens (including phenoxy) is 4. The van der Waals surface area contributed by atoms with Crippen molar-refractivity contribution in [1.29, 1.82) is 0 Å². The van der Waals surface area contributed by atoms with Gasteiger partial charge in [0.05, 0.1) is 55.8 Å².